The Morgan fingerprint density at radius 2 is 2.16 bits per heavy atom. The van der Waals surface area contributed by atoms with Crippen LogP contribution in [0.25, 0.3) is 11.4 Å². The third-order valence-electron chi connectivity index (χ3n) is 2.80. The summed E-state index contributed by atoms with van der Waals surface area (Å²) in [5, 5.41) is 7.18. The second kappa shape index (κ2) is 5.93. The van der Waals surface area contributed by atoms with Gasteiger partial charge in [-0.15, -0.1) is 0 Å². The van der Waals surface area contributed by atoms with Gasteiger partial charge in [-0.05, 0) is 24.6 Å². The highest BCUT2D eigenvalue weighted by Crippen LogP contribution is 2.21. The Balaban J connectivity index is 2.10. The Morgan fingerprint density at radius 1 is 1.37 bits per heavy atom. The highest BCUT2D eigenvalue weighted by atomic mass is 19.1. The minimum absolute atomic E-state index is 0.298. The van der Waals surface area contributed by atoms with E-state index in [2.05, 4.69) is 29.3 Å². The van der Waals surface area contributed by atoms with Crippen LogP contribution < -0.4 is 5.32 Å². The fourth-order valence-corrected chi connectivity index (χ4v) is 1.77. The third-order valence-corrected chi connectivity index (χ3v) is 2.80. The molecule has 0 fully saturated rings. The van der Waals surface area contributed by atoms with Gasteiger partial charge in [0.05, 0.1) is 0 Å². The maximum atomic E-state index is 13.2. The first-order chi connectivity index (χ1) is 9.06. The van der Waals surface area contributed by atoms with E-state index in [0.717, 1.165) is 12.1 Å². The minimum atomic E-state index is -0.298. The summed E-state index contributed by atoms with van der Waals surface area (Å²) in [5.41, 5.74) is 1.60. The molecule has 0 amide bonds. The number of hydrogen-bond donors (Lipinski definition) is 1. The van der Waals surface area contributed by atoms with Crippen LogP contribution in [0.3, 0.4) is 0 Å². The van der Waals surface area contributed by atoms with E-state index in [-0.39, 0.29) is 5.82 Å². The smallest absolute Gasteiger partial charge is 0.228 e. The van der Waals surface area contributed by atoms with Crippen molar-refractivity contribution < 1.29 is 8.91 Å². The van der Waals surface area contributed by atoms with Gasteiger partial charge in [-0.2, -0.15) is 4.98 Å². The molecular formula is C14H18FN3O. The second-order valence-electron chi connectivity index (χ2n) is 4.83. The second-order valence-corrected chi connectivity index (χ2v) is 4.83. The van der Waals surface area contributed by atoms with Crippen LogP contribution in [-0.2, 0) is 6.42 Å². The van der Waals surface area contributed by atoms with Crippen molar-refractivity contribution in [3.63, 3.8) is 0 Å². The molecule has 2 aromatic rings. The molecule has 1 heterocycles. The Bertz CT molecular complexity index is 551. The quantitative estimate of drug-likeness (QED) is 0.901. The first kappa shape index (κ1) is 13.7. The summed E-state index contributed by atoms with van der Waals surface area (Å²) in [6.45, 7) is 6.83. The minimum Gasteiger partial charge on any atom is -0.339 e. The fraction of sp³-hybridized carbons (Fsp3) is 0.429. The number of hydrogen-bond acceptors (Lipinski definition) is 4. The summed E-state index contributed by atoms with van der Waals surface area (Å²) >= 11 is 0. The molecule has 102 valence electrons. The van der Waals surface area contributed by atoms with Crippen molar-refractivity contribution in [2.45, 2.75) is 33.2 Å². The maximum absolute atomic E-state index is 13.2. The SMILES string of the molecule is Cc1ccc(F)cc1-c1noc(CCNC(C)C)n1. The van der Waals surface area contributed by atoms with E-state index < -0.39 is 0 Å². The summed E-state index contributed by atoms with van der Waals surface area (Å²) in [4.78, 5) is 4.29. The van der Waals surface area contributed by atoms with Gasteiger partial charge in [0.15, 0.2) is 0 Å². The van der Waals surface area contributed by atoms with Crippen molar-refractivity contribution in [1.82, 2.24) is 15.5 Å². The lowest BCUT2D eigenvalue weighted by atomic mass is 10.1. The van der Waals surface area contributed by atoms with Gasteiger partial charge >= 0.3 is 0 Å². The number of nitrogens with zero attached hydrogens (tertiary/aromatic N) is 2. The summed E-state index contributed by atoms with van der Waals surface area (Å²) < 4.78 is 18.4. The normalized spacial score (nSPS) is 11.2. The zero-order valence-corrected chi connectivity index (χ0v) is 11.4. The van der Waals surface area contributed by atoms with Gasteiger partial charge in [0.2, 0.25) is 11.7 Å². The summed E-state index contributed by atoms with van der Waals surface area (Å²) in [6.07, 6.45) is 0.666. The van der Waals surface area contributed by atoms with Crippen LogP contribution in [0.15, 0.2) is 22.7 Å². The van der Waals surface area contributed by atoms with Gasteiger partial charge in [0.1, 0.15) is 5.82 Å². The van der Waals surface area contributed by atoms with E-state index >= 15 is 0 Å². The molecule has 0 aliphatic rings. The average Bonchev–Trinajstić information content (AvgIpc) is 2.80. The van der Waals surface area contributed by atoms with Crippen LogP contribution in [0, 0.1) is 12.7 Å². The monoisotopic (exact) mass is 263 g/mol. The van der Waals surface area contributed by atoms with Gasteiger partial charge in [-0.1, -0.05) is 25.1 Å². The molecule has 0 aliphatic heterocycles. The Morgan fingerprint density at radius 3 is 2.89 bits per heavy atom. The van der Waals surface area contributed by atoms with Crippen LogP contribution in [0.4, 0.5) is 4.39 Å². The topological polar surface area (TPSA) is 51.0 Å². The molecule has 1 N–H and O–H groups in total. The highest BCUT2D eigenvalue weighted by Gasteiger charge is 2.11. The molecule has 2 rings (SSSR count). The number of rotatable bonds is 5. The molecule has 5 heteroatoms. The van der Waals surface area contributed by atoms with Gasteiger partial charge in [0.25, 0.3) is 0 Å². The lowest BCUT2D eigenvalue weighted by Gasteiger charge is -2.04. The van der Waals surface area contributed by atoms with Crippen molar-refractivity contribution in [3.8, 4) is 11.4 Å². The van der Waals surface area contributed by atoms with Crippen LogP contribution in [0.1, 0.15) is 25.3 Å². The highest BCUT2D eigenvalue weighted by molar-refractivity contribution is 5.59. The third kappa shape index (κ3) is 3.61. The Labute approximate surface area is 112 Å². The van der Waals surface area contributed by atoms with Crippen molar-refractivity contribution >= 4 is 0 Å². The lowest BCUT2D eigenvalue weighted by Crippen LogP contribution is -2.25. The molecule has 0 unspecified atom stereocenters. The largest absolute Gasteiger partial charge is 0.339 e. The van der Waals surface area contributed by atoms with E-state index in [1.807, 2.05) is 6.92 Å². The number of benzene rings is 1. The van der Waals surface area contributed by atoms with Gasteiger partial charge < -0.3 is 9.84 Å². The molecule has 0 spiro atoms. The maximum Gasteiger partial charge on any atom is 0.228 e. The molecule has 0 radical (unpaired) electrons. The Hall–Kier alpha value is -1.75. The van der Waals surface area contributed by atoms with E-state index in [0.29, 0.717) is 29.7 Å². The number of aryl methyl sites for hydroxylation is 1. The van der Waals surface area contributed by atoms with Crippen molar-refractivity contribution in [2.75, 3.05) is 6.54 Å². The standard InChI is InChI=1S/C14H18FN3O/c1-9(2)16-7-6-13-17-14(18-19-13)12-8-11(15)5-4-10(12)3/h4-5,8-9,16H,6-7H2,1-3H3. The van der Waals surface area contributed by atoms with Crippen molar-refractivity contribution in [1.29, 1.82) is 0 Å². The van der Waals surface area contributed by atoms with E-state index in [4.69, 9.17) is 4.52 Å². The number of aromatic nitrogens is 2. The van der Waals surface area contributed by atoms with E-state index in [1.54, 1.807) is 6.07 Å². The molecule has 19 heavy (non-hydrogen) atoms. The van der Waals surface area contributed by atoms with Crippen LogP contribution >= 0.6 is 0 Å². The summed E-state index contributed by atoms with van der Waals surface area (Å²) in [5.74, 6) is 0.705. The van der Waals surface area contributed by atoms with Crippen molar-refractivity contribution in [3.05, 3.63) is 35.5 Å². The summed E-state index contributed by atoms with van der Waals surface area (Å²) in [6, 6.07) is 4.98. The van der Waals surface area contributed by atoms with Gasteiger partial charge in [0, 0.05) is 24.6 Å². The molecule has 0 aliphatic carbocycles. The van der Waals surface area contributed by atoms with Gasteiger partial charge in [-0.3, -0.25) is 0 Å². The van der Waals surface area contributed by atoms with E-state index in [1.165, 1.54) is 12.1 Å². The molecular weight excluding hydrogens is 245 g/mol. The molecule has 1 aromatic heterocycles. The zero-order valence-electron chi connectivity index (χ0n) is 11.4. The number of halogens is 1. The summed E-state index contributed by atoms with van der Waals surface area (Å²) in [7, 11) is 0. The first-order valence-corrected chi connectivity index (χ1v) is 6.39. The molecule has 0 atom stereocenters. The number of nitrogens with one attached hydrogen (secondary N) is 1. The molecule has 0 bridgehead atoms. The molecule has 0 saturated carbocycles. The van der Waals surface area contributed by atoms with Crippen LogP contribution in [0.5, 0.6) is 0 Å². The Kier molecular flexibility index (Phi) is 4.27. The van der Waals surface area contributed by atoms with Gasteiger partial charge in [-0.25, -0.2) is 4.39 Å². The average molecular weight is 263 g/mol. The predicted molar refractivity (Wildman–Crippen MR) is 71.3 cm³/mol. The molecule has 4 nitrogen and oxygen atoms in total. The molecule has 1 aromatic carbocycles. The predicted octanol–water partition coefficient (Wildman–Crippen LogP) is 2.72. The lowest BCUT2D eigenvalue weighted by molar-refractivity contribution is 0.374. The first-order valence-electron chi connectivity index (χ1n) is 6.39. The van der Waals surface area contributed by atoms with Crippen LogP contribution in [-0.4, -0.2) is 22.7 Å². The van der Waals surface area contributed by atoms with E-state index in [9.17, 15) is 4.39 Å². The molecule has 0 saturated heterocycles. The van der Waals surface area contributed by atoms with Crippen molar-refractivity contribution in [2.24, 2.45) is 0 Å². The fourth-order valence-electron chi connectivity index (χ4n) is 1.77. The zero-order chi connectivity index (χ0) is 13.8. The van der Waals surface area contributed by atoms with Crippen LogP contribution in [0.2, 0.25) is 0 Å².